The molecular formula is C13H16BrNO4. The van der Waals surface area contributed by atoms with E-state index in [1.807, 2.05) is 0 Å². The second-order valence-electron chi connectivity index (χ2n) is 5.28. The minimum Gasteiger partial charge on any atom is -0.507 e. The Kier molecular flexibility index (Phi) is 4.57. The van der Waals surface area contributed by atoms with E-state index in [2.05, 4.69) is 21.2 Å². The topological polar surface area (TPSA) is 86.6 Å². The molecule has 0 heterocycles. The van der Waals surface area contributed by atoms with E-state index in [0.717, 1.165) is 0 Å². The smallest absolute Gasteiger partial charge is 0.326 e. The Morgan fingerprint density at radius 2 is 1.89 bits per heavy atom. The molecule has 1 aromatic rings. The Hall–Kier alpha value is -1.56. The second kappa shape index (κ2) is 5.61. The predicted molar refractivity (Wildman–Crippen MR) is 74.2 cm³/mol. The highest BCUT2D eigenvalue weighted by molar-refractivity contribution is 9.10. The van der Waals surface area contributed by atoms with E-state index in [9.17, 15) is 14.7 Å². The van der Waals surface area contributed by atoms with Gasteiger partial charge in [-0.25, -0.2) is 4.79 Å². The van der Waals surface area contributed by atoms with Gasteiger partial charge in [0, 0.05) is 5.56 Å². The van der Waals surface area contributed by atoms with Crippen LogP contribution in [0, 0.1) is 5.41 Å². The van der Waals surface area contributed by atoms with E-state index in [0.29, 0.717) is 4.47 Å². The third kappa shape index (κ3) is 3.96. The second-order valence-corrected chi connectivity index (χ2v) is 6.13. The molecule has 0 bridgehead atoms. The summed E-state index contributed by atoms with van der Waals surface area (Å²) in [6.45, 7) is 5.18. The van der Waals surface area contributed by atoms with Crippen LogP contribution in [0.3, 0.4) is 0 Å². The number of carboxylic acids is 1. The molecule has 1 atom stereocenters. The van der Waals surface area contributed by atoms with Gasteiger partial charge in [-0.3, -0.25) is 4.79 Å². The summed E-state index contributed by atoms with van der Waals surface area (Å²) in [5.74, 6) is -1.71. The summed E-state index contributed by atoms with van der Waals surface area (Å²) in [6.07, 6.45) is 0. The zero-order chi connectivity index (χ0) is 14.8. The fraction of sp³-hybridized carbons (Fsp3) is 0.385. The van der Waals surface area contributed by atoms with Crippen molar-refractivity contribution >= 4 is 27.8 Å². The van der Waals surface area contributed by atoms with Crippen LogP contribution in [0.1, 0.15) is 31.1 Å². The van der Waals surface area contributed by atoms with Crippen LogP contribution in [0.15, 0.2) is 22.7 Å². The molecule has 0 radical (unpaired) electrons. The molecule has 1 aromatic carbocycles. The van der Waals surface area contributed by atoms with Gasteiger partial charge in [0.05, 0.1) is 4.47 Å². The Morgan fingerprint density at radius 1 is 1.32 bits per heavy atom. The number of phenols is 1. The van der Waals surface area contributed by atoms with Crippen LogP contribution < -0.4 is 5.32 Å². The summed E-state index contributed by atoms with van der Waals surface area (Å²) in [6, 6.07) is 3.30. The van der Waals surface area contributed by atoms with Crippen LogP contribution in [0.25, 0.3) is 0 Å². The number of carbonyl (C=O) groups excluding carboxylic acids is 1. The van der Waals surface area contributed by atoms with Crippen LogP contribution in [0.2, 0.25) is 0 Å². The molecule has 1 amide bonds. The molecular weight excluding hydrogens is 314 g/mol. The zero-order valence-corrected chi connectivity index (χ0v) is 12.5. The molecule has 0 aliphatic carbocycles. The lowest BCUT2D eigenvalue weighted by atomic mass is 9.86. The van der Waals surface area contributed by atoms with Gasteiger partial charge in [-0.15, -0.1) is 0 Å². The van der Waals surface area contributed by atoms with Gasteiger partial charge in [0.25, 0.3) is 5.91 Å². The number of benzene rings is 1. The van der Waals surface area contributed by atoms with Crippen molar-refractivity contribution in [3.63, 3.8) is 0 Å². The zero-order valence-electron chi connectivity index (χ0n) is 10.9. The van der Waals surface area contributed by atoms with E-state index in [1.165, 1.54) is 18.2 Å². The fourth-order valence-electron chi connectivity index (χ4n) is 1.52. The molecule has 0 unspecified atom stereocenters. The molecule has 0 aromatic heterocycles. The molecule has 0 aliphatic heterocycles. The van der Waals surface area contributed by atoms with Crippen LogP contribution in [0.4, 0.5) is 0 Å². The highest BCUT2D eigenvalue weighted by Gasteiger charge is 2.32. The van der Waals surface area contributed by atoms with E-state index in [-0.39, 0.29) is 11.3 Å². The van der Waals surface area contributed by atoms with Gasteiger partial charge in [-0.2, -0.15) is 0 Å². The normalized spacial score (nSPS) is 12.8. The number of amides is 1. The van der Waals surface area contributed by atoms with E-state index < -0.39 is 23.3 Å². The SMILES string of the molecule is CC(C)(C)[C@H](NC(=O)c1ccc(Br)c(O)c1)C(=O)O. The average molecular weight is 330 g/mol. The number of aromatic hydroxyl groups is 1. The molecule has 5 nitrogen and oxygen atoms in total. The summed E-state index contributed by atoms with van der Waals surface area (Å²) >= 11 is 3.11. The van der Waals surface area contributed by atoms with Crippen molar-refractivity contribution in [2.24, 2.45) is 5.41 Å². The number of phenolic OH excluding ortho intramolecular Hbond substituents is 1. The number of hydrogen-bond donors (Lipinski definition) is 3. The van der Waals surface area contributed by atoms with Gasteiger partial charge in [0.15, 0.2) is 0 Å². The van der Waals surface area contributed by atoms with Crippen molar-refractivity contribution in [1.29, 1.82) is 0 Å². The van der Waals surface area contributed by atoms with E-state index in [1.54, 1.807) is 20.8 Å². The summed E-state index contributed by atoms with van der Waals surface area (Å²) in [5.41, 5.74) is -0.407. The lowest BCUT2D eigenvalue weighted by molar-refractivity contribution is -0.142. The minimum absolute atomic E-state index is 0.0738. The first-order valence-electron chi connectivity index (χ1n) is 5.65. The summed E-state index contributed by atoms with van der Waals surface area (Å²) in [7, 11) is 0. The molecule has 104 valence electrons. The van der Waals surface area contributed by atoms with Crippen LogP contribution in [0.5, 0.6) is 5.75 Å². The van der Waals surface area contributed by atoms with Gasteiger partial charge < -0.3 is 15.5 Å². The van der Waals surface area contributed by atoms with Gasteiger partial charge in [-0.1, -0.05) is 20.8 Å². The predicted octanol–water partition coefficient (Wildman–Crippen LogP) is 2.38. The van der Waals surface area contributed by atoms with Crippen molar-refractivity contribution in [3.05, 3.63) is 28.2 Å². The molecule has 0 saturated carbocycles. The standard InChI is InChI=1S/C13H16BrNO4/c1-13(2,3)10(12(18)19)15-11(17)7-4-5-8(14)9(16)6-7/h4-6,10,16H,1-3H3,(H,15,17)(H,18,19)/t10-/m1/s1. The highest BCUT2D eigenvalue weighted by Crippen LogP contribution is 2.25. The average Bonchev–Trinajstić information content (AvgIpc) is 2.27. The largest absolute Gasteiger partial charge is 0.507 e. The van der Waals surface area contributed by atoms with Crippen LogP contribution in [-0.2, 0) is 4.79 Å². The Bertz CT molecular complexity index is 508. The maximum atomic E-state index is 12.0. The molecule has 6 heteroatoms. The van der Waals surface area contributed by atoms with Crippen molar-refractivity contribution in [1.82, 2.24) is 5.32 Å². The number of nitrogens with one attached hydrogen (secondary N) is 1. The fourth-order valence-corrected chi connectivity index (χ4v) is 1.76. The highest BCUT2D eigenvalue weighted by atomic mass is 79.9. The maximum absolute atomic E-state index is 12.0. The molecule has 1 rings (SSSR count). The van der Waals surface area contributed by atoms with Gasteiger partial charge in [-0.05, 0) is 39.5 Å². The molecule has 0 spiro atoms. The van der Waals surface area contributed by atoms with Crippen molar-refractivity contribution < 1.29 is 19.8 Å². The Labute approximate surface area is 119 Å². The first-order chi connectivity index (χ1) is 8.62. The number of hydrogen-bond acceptors (Lipinski definition) is 3. The quantitative estimate of drug-likeness (QED) is 0.794. The van der Waals surface area contributed by atoms with Crippen LogP contribution >= 0.6 is 15.9 Å². The van der Waals surface area contributed by atoms with E-state index in [4.69, 9.17) is 5.11 Å². The lowest BCUT2D eigenvalue weighted by Gasteiger charge is -2.27. The first-order valence-corrected chi connectivity index (χ1v) is 6.44. The first kappa shape index (κ1) is 15.5. The lowest BCUT2D eigenvalue weighted by Crippen LogP contribution is -2.49. The number of carbonyl (C=O) groups is 2. The monoisotopic (exact) mass is 329 g/mol. The molecule has 0 saturated heterocycles. The maximum Gasteiger partial charge on any atom is 0.326 e. The molecule has 0 aliphatic rings. The van der Waals surface area contributed by atoms with E-state index >= 15 is 0 Å². The molecule has 0 fully saturated rings. The molecule has 3 N–H and O–H groups in total. The van der Waals surface area contributed by atoms with Crippen LogP contribution in [-0.4, -0.2) is 28.1 Å². The van der Waals surface area contributed by atoms with Crippen molar-refractivity contribution in [2.75, 3.05) is 0 Å². The van der Waals surface area contributed by atoms with Crippen molar-refractivity contribution in [2.45, 2.75) is 26.8 Å². The minimum atomic E-state index is -1.10. The van der Waals surface area contributed by atoms with Gasteiger partial charge >= 0.3 is 5.97 Å². The number of halogens is 1. The summed E-state index contributed by atoms with van der Waals surface area (Å²) < 4.78 is 0.467. The Balaban J connectivity index is 2.94. The Morgan fingerprint density at radius 3 is 2.32 bits per heavy atom. The summed E-state index contributed by atoms with van der Waals surface area (Å²) in [4.78, 5) is 23.1. The number of carboxylic acid groups (broad SMARTS) is 1. The number of rotatable bonds is 3. The summed E-state index contributed by atoms with van der Waals surface area (Å²) in [5, 5.41) is 21.1. The van der Waals surface area contributed by atoms with Crippen molar-refractivity contribution in [3.8, 4) is 5.75 Å². The van der Waals surface area contributed by atoms with Gasteiger partial charge in [0.1, 0.15) is 11.8 Å². The third-order valence-electron chi connectivity index (χ3n) is 2.60. The number of aliphatic carboxylic acids is 1. The molecule has 19 heavy (non-hydrogen) atoms. The van der Waals surface area contributed by atoms with Gasteiger partial charge in [0.2, 0.25) is 0 Å². The third-order valence-corrected chi connectivity index (χ3v) is 3.27.